The second kappa shape index (κ2) is 7.36. The fourth-order valence-corrected chi connectivity index (χ4v) is 3.17. The minimum Gasteiger partial charge on any atom is -0.271 e. The summed E-state index contributed by atoms with van der Waals surface area (Å²) in [6.45, 7) is 1.91. The van der Waals surface area contributed by atoms with Crippen LogP contribution in [0.5, 0.6) is 0 Å². The molecule has 0 saturated heterocycles. The topological polar surface area (TPSA) is 61.4 Å². The van der Waals surface area contributed by atoms with Crippen LogP contribution in [0, 0.1) is 12.7 Å². The molecule has 0 bridgehead atoms. The maximum atomic E-state index is 13.2. The Morgan fingerprint density at radius 3 is 2.47 bits per heavy atom. The smallest absolute Gasteiger partial charge is 0.271 e. The first-order valence-electron chi connectivity index (χ1n) is 8.94. The Hall–Kier alpha value is -3.56. The molecule has 0 radical (unpaired) electrons. The molecule has 0 N–H and O–H groups in total. The van der Waals surface area contributed by atoms with Crippen molar-refractivity contribution in [3.8, 4) is 17.1 Å². The molecule has 4 rings (SSSR count). The highest BCUT2D eigenvalue weighted by Crippen LogP contribution is 2.29. The summed E-state index contributed by atoms with van der Waals surface area (Å²) in [5.41, 5.74) is 3.03. The minimum atomic E-state index is -4.48. The zero-order valence-electron chi connectivity index (χ0n) is 16.0. The molecule has 0 unspecified atom stereocenters. The van der Waals surface area contributed by atoms with Crippen LogP contribution < -0.4 is 0 Å². The summed E-state index contributed by atoms with van der Waals surface area (Å²) >= 11 is 0. The van der Waals surface area contributed by atoms with Gasteiger partial charge in [-0.25, -0.2) is 19.0 Å². The standard InChI is InChI=1S/C20H16F4N6/c1-12-17(29(2)28-19(12)13-3-5-15(21)6-4-13)7-16-8-18(26-11-25-16)30-10-14(9-27-30)20(22,23)24/h3-6,8-11H,7H2,1-2H3. The number of rotatable bonds is 4. The Labute approximate surface area is 168 Å². The van der Waals surface area contributed by atoms with E-state index in [0.717, 1.165) is 39.6 Å². The largest absolute Gasteiger partial charge is 0.419 e. The van der Waals surface area contributed by atoms with Crippen LogP contribution in [0.3, 0.4) is 0 Å². The second-order valence-corrected chi connectivity index (χ2v) is 6.77. The third-order valence-electron chi connectivity index (χ3n) is 4.75. The van der Waals surface area contributed by atoms with Crippen molar-refractivity contribution in [1.29, 1.82) is 0 Å². The van der Waals surface area contributed by atoms with Crippen LogP contribution in [0.15, 0.2) is 49.1 Å². The molecule has 0 amide bonds. The van der Waals surface area contributed by atoms with Crippen molar-refractivity contribution >= 4 is 0 Å². The number of halogens is 4. The monoisotopic (exact) mass is 416 g/mol. The Balaban J connectivity index is 1.63. The Morgan fingerprint density at radius 1 is 1.07 bits per heavy atom. The van der Waals surface area contributed by atoms with E-state index in [9.17, 15) is 17.6 Å². The number of hydrogen-bond acceptors (Lipinski definition) is 4. The molecule has 30 heavy (non-hydrogen) atoms. The molecule has 6 nitrogen and oxygen atoms in total. The summed E-state index contributed by atoms with van der Waals surface area (Å²) < 4.78 is 54.4. The molecule has 0 spiro atoms. The van der Waals surface area contributed by atoms with Crippen LogP contribution in [-0.4, -0.2) is 29.5 Å². The molecule has 154 valence electrons. The average molecular weight is 416 g/mol. The first kappa shape index (κ1) is 19.7. The fraction of sp³-hybridized carbons (Fsp3) is 0.200. The quantitative estimate of drug-likeness (QED) is 0.470. The maximum Gasteiger partial charge on any atom is 0.419 e. The van der Waals surface area contributed by atoms with Crippen LogP contribution in [0.2, 0.25) is 0 Å². The lowest BCUT2D eigenvalue weighted by Crippen LogP contribution is -2.06. The van der Waals surface area contributed by atoms with Gasteiger partial charge in [0.05, 0.1) is 23.1 Å². The predicted molar refractivity (Wildman–Crippen MR) is 100 cm³/mol. The van der Waals surface area contributed by atoms with Crippen molar-refractivity contribution in [3.63, 3.8) is 0 Å². The first-order valence-corrected chi connectivity index (χ1v) is 8.94. The lowest BCUT2D eigenvalue weighted by molar-refractivity contribution is -0.137. The van der Waals surface area contributed by atoms with Crippen LogP contribution in [0.1, 0.15) is 22.5 Å². The highest BCUT2D eigenvalue weighted by molar-refractivity contribution is 5.64. The second-order valence-electron chi connectivity index (χ2n) is 6.77. The fourth-order valence-electron chi connectivity index (χ4n) is 3.17. The highest BCUT2D eigenvalue weighted by Gasteiger charge is 2.32. The van der Waals surface area contributed by atoms with E-state index in [1.54, 1.807) is 29.9 Å². The Bertz CT molecular complexity index is 1190. The number of benzene rings is 1. The zero-order valence-corrected chi connectivity index (χ0v) is 16.0. The normalized spacial score (nSPS) is 11.8. The zero-order chi connectivity index (χ0) is 21.5. The van der Waals surface area contributed by atoms with E-state index in [-0.39, 0.29) is 11.6 Å². The average Bonchev–Trinajstić information content (AvgIpc) is 3.30. The van der Waals surface area contributed by atoms with Gasteiger partial charge in [0.15, 0.2) is 5.82 Å². The summed E-state index contributed by atoms with van der Waals surface area (Å²) in [6.07, 6.45) is -1.17. The first-order chi connectivity index (χ1) is 14.2. The summed E-state index contributed by atoms with van der Waals surface area (Å²) in [5.74, 6) is -0.0949. The SMILES string of the molecule is Cc1c(-c2ccc(F)cc2)nn(C)c1Cc1cc(-n2cc(C(F)(F)F)cn2)ncn1. The lowest BCUT2D eigenvalue weighted by Gasteiger charge is -2.06. The number of aryl methyl sites for hydroxylation is 1. The Kier molecular flexibility index (Phi) is 4.84. The maximum absolute atomic E-state index is 13.2. The third-order valence-corrected chi connectivity index (χ3v) is 4.75. The number of hydrogen-bond donors (Lipinski definition) is 0. The van der Waals surface area contributed by atoms with Gasteiger partial charge < -0.3 is 0 Å². The van der Waals surface area contributed by atoms with Gasteiger partial charge in [0.2, 0.25) is 0 Å². The van der Waals surface area contributed by atoms with Crippen molar-refractivity contribution in [1.82, 2.24) is 29.5 Å². The summed E-state index contributed by atoms with van der Waals surface area (Å²) in [7, 11) is 1.79. The molecule has 0 fully saturated rings. The molecule has 0 saturated carbocycles. The minimum absolute atomic E-state index is 0.231. The van der Waals surface area contributed by atoms with Crippen LogP contribution in [0.25, 0.3) is 17.1 Å². The molecule has 0 aliphatic carbocycles. The molecule has 0 aliphatic heterocycles. The number of nitrogens with zero attached hydrogens (tertiary/aromatic N) is 6. The van der Waals surface area contributed by atoms with Gasteiger partial charge in [0.1, 0.15) is 12.1 Å². The van der Waals surface area contributed by atoms with Gasteiger partial charge in [-0.15, -0.1) is 0 Å². The van der Waals surface area contributed by atoms with Crippen molar-refractivity contribution in [2.45, 2.75) is 19.5 Å². The molecule has 3 aromatic heterocycles. The van der Waals surface area contributed by atoms with Crippen LogP contribution >= 0.6 is 0 Å². The van der Waals surface area contributed by atoms with Gasteiger partial charge in [-0.05, 0) is 36.8 Å². The van der Waals surface area contributed by atoms with Gasteiger partial charge in [-0.2, -0.15) is 23.4 Å². The number of alkyl halides is 3. The van der Waals surface area contributed by atoms with Gasteiger partial charge in [0.25, 0.3) is 0 Å². The van der Waals surface area contributed by atoms with E-state index >= 15 is 0 Å². The van der Waals surface area contributed by atoms with Crippen molar-refractivity contribution in [3.05, 3.63) is 77.4 Å². The van der Waals surface area contributed by atoms with E-state index in [0.29, 0.717) is 12.1 Å². The van der Waals surface area contributed by atoms with Gasteiger partial charge in [0, 0.05) is 37.0 Å². The van der Waals surface area contributed by atoms with Crippen LogP contribution in [-0.2, 0) is 19.6 Å². The third kappa shape index (κ3) is 3.80. The van der Waals surface area contributed by atoms with E-state index < -0.39 is 11.7 Å². The van der Waals surface area contributed by atoms with Crippen molar-refractivity contribution in [2.24, 2.45) is 7.05 Å². The van der Waals surface area contributed by atoms with E-state index in [1.165, 1.54) is 18.5 Å². The molecule has 1 aromatic carbocycles. The highest BCUT2D eigenvalue weighted by atomic mass is 19.4. The van der Waals surface area contributed by atoms with Crippen LogP contribution in [0.4, 0.5) is 17.6 Å². The van der Waals surface area contributed by atoms with Crippen molar-refractivity contribution < 1.29 is 17.6 Å². The summed E-state index contributed by atoms with van der Waals surface area (Å²) in [5, 5.41) is 8.27. The molecule has 4 aromatic rings. The van der Waals surface area contributed by atoms with E-state index in [4.69, 9.17) is 0 Å². The summed E-state index contributed by atoms with van der Waals surface area (Å²) in [6, 6.07) is 7.65. The molecule has 0 aliphatic rings. The summed E-state index contributed by atoms with van der Waals surface area (Å²) in [4.78, 5) is 8.24. The predicted octanol–water partition coefficient (Wildman–Crippen LogP) is 4.12. The molecule has 10 heteroatoms. The molecule has 3 heterocycles. The van der Waals surface area contributed by atoms with Crippen molar-refractivity contribution in [2.75, 3.05) is 0 Å². The Morgan fingerprint density at radius 2 is 1.80 bits per heavy atom. The molecule has 0 atom stereocenters. The van der Waals surface area contributed by atoms with Gasteiger partial charge >= 0.3 is 6.18 Å². The molecular weight excluding hydrogens is 400 g/mol. The van der Waals surface area contributed by atoms with E-state index in [1.807, 2.05) is 6.92 Å². The molecular formula is C20H16F4N6. The lowest BCUT2D eigenvalue weighted by atomic mass is 10.0. The van der Waals surface area contributed by atoms with E-state index in [2.05, 4.69) is 20.2 Å². The number of aromatic nitrogens is 6. The van der Waals surface area contributed by atoms with Gasteiger partial charge in [-0.3, -0.25) is 4.68 Å². The van der Waals surface area contributed by atoms with Gasteiger partial charge in [-0.1, -0.05) is 0 Å².